The topological polar surface area (TPSA) is 0 Å². The van der Waals surface area contributed by atoms with Crippen LogP contribution in [0, 0.1) is 116 Å². The Balaban J connectivity index is 0.000000294. The lowest BCUT2D eigenvalue weighted by atomic mass is 9.12. The van der Waals surface area contributed by atoms with Gasteiger partial charge in [0, 0.05) is 0 Å². The first-order valence-electron chi connectivity index (χ1n) is 25.6. The molecule has 0 radical (unpaired) electrons. The monoisotopic (exact) mass is 1540 g/mol. The first-order chi connectivity index (χ1) is 46.0. The molecule has 0 aliphatic rings. The fourth-order valence-corrected chi connectivity index (χ4v) is 10.9. The Labute approximate surface area is 531 Å². The Bertz CT molecular complexity index is 3850. The van der Waals surface area contributed by atoms with Crippen LogP contribution in [0.5, 0.6) is 0 Å². The third kappa shape index (κ3) is 13.7. The van der Waals surface area contributed by atoms with Crippen LogP contribution in [-0.2, 0) is 49.4 Å². The summed E-state index contributed by atoms with van der Waals surface area (Å²) in [6, 6.07) is -8.81. The van der Waals surface area contributed by atoms with Crippen LogP contribution < -0.4 is 43.7 Å². The zero-order chi connectivity index (χ0) is 78.3. The molecular weight excluding hydrogens is 1530 g/mol. The molecule has 0 bridgehead atoms. The molecular formula is C56H12B2F44-2. The van der Waals surface area contributed by atoms with Crippen molar-refractivity contribution in [2.45, 2.75) is 49.4 Å². The van der Waals surface area contributed by atoms with Crippen LogP contribution in [0.4, 0.5) is 193 Å². The molecule has 8 aromatic carbocycles. The van der Waals surface area contributed by atoms with E-state index in [-0.39, 0.29) is 0 Å². The van der Waals surface area contributed by atoms with Crippen LogP contribution >= 0.6 is 0 Å². The van der Waals surface area contributed by atoms with E-state index in [4.69, 9.17) is 0 Å². The van der Waals surface area contributed by atoms with Gasteiger partial charge in [0.25, 0.3) is 0 Å². The zero-order valence-electron chi connectivity index (χ0n) is 46.7. The summed E-state index contributed by atoms with van der Waals surface area (Å²) in [6.45, 7) is 0. The van der Waals surface area contributed by atoms with Crippen molar-refractivity contribution in [2.24, 2.45) is 0 Å². The van der Waals surface area contributed by atoms with E-state index in [1.807, 2.05) is 0 Å². The smallest absolute Gasteiger partial charge is 0.207 e. The van der Waals surface area contributed by atoms with Crippen LogP contribution in [0.2, 0.25) is 0 Å². The lowest BCUT2D eigenvalue weighted by Crippen LogP contribution is -2.81. The minimum atomic E-state index is -7.22. The molecule has 0 fully saturated rings. The molecule has 8 rings (SSSR count). The van der Waals surface area contributed by atoms with Gasteiger partial charge in [-0.05, 0) is 24.3 Å². The van der Waals surface area contributed by atoms with Gasteiger partial charge in [-0.25, -0.2) is 87.8 Å². The molecule has 0 aliphatic heterocycles. The van der Waals surface area contributed by atoms with Gasteiger partial charge in [-0.2, -0.15) is 127 Å². The highest BCUT2D eigenvalue weighted by atomic mass is 19.4. The number of halogens is 44. The Kier molecular flexibility index (Phi) is 20.4. The van der Waals surface area contributed by atoms with Crippen molar-refractivity contribution in [1.82, 2.24) is 0 Å². The van der Waals surface area contributed by atoms with Gasteiger partial charge in [-0.15, -0.1) is 21.9 Å². The maximum atomic E-state index is 15.4. The highest BCUT2D eigenvalue weighted by molar-refractivity contribution is 7.20. The molecule has 46 heteroatoms. The van der Waals surface area contributed by atoms with Gasteiger partial charge in [0.1, 0.15) is 58.8 Å². The number of hydrogen-bond donors (Lipinski definition) is 0. The number of benzene rings is 8. The molecule has 0 aromatic heterocycles. The number of hydrogen-bond acceptors (Lipinski definition) is 0. The molecule has 0 saturated heterocycles. The summed E-state index contributed by atoms with van der Waals surface area (Å²) in [4.78, 5) is 0. The average Bonchev–Trinajstić information content (AvgIpc) is 0.685. The second-order valence-electron chi connectivity index (χ2n) is 21.0. The van der Waals surface area contributed by atoms with Gasteiger partial charge in [-0.1, -0.05) is 48.5 Å². The van der Waals surface area contributed by atoms with E-state index in [0.29, 0.717) is 0 Å². The Hall–Kier alpha value is -9.19. The third-order valence-corrected chi connectivity index (χ3v) is 15.1. The highest BCUT2D eigenvalue weighted by Crippen LogP contribution is 2.43. The molecule has 0 aliphatic carbocycles. The van der Waals surface area contributed by atoms with E-state index in [1.165, 1.54) is 0 Å². The predicted molar refractivity (Wildman–Crippen MR) is 259 cm³/mol. The first-order valence-corrected chi connectivity index (χ1v) is 25.6. The number of rotatable bonds is 8. The third-order valence-electron chi connectivity index (χ3n) is 15.1. The molecule has 0 nitrogen and oxygen atoms in total. The van der Waals surface area contributed by atoms with Crippen LogP contribution in [-0.4, -0.2) is 12.3 Å². The minimum Gasteiger partial charge on any atom is -0.207 e. The highest BCUT2D eigenvalue weighted by Gasteiger charge is 2.54. The molecule has 8 aromatic rings. The standard InChI is InChI=1S/C32H12BF24.C24BF20/c34-25(35,36)13-1-14(26(37,38)39)6-21(5-13)33(22-7-15(27(40,41)42)2-16(8-22)28(43,44)45,23-9-17(29(46,47)48)3-18(10-23)30(49,50)51)24-11-19(31(52,53)54)4-20(12-24)32(55,56)57;26-5-1(6(27)14(35)21(42)13(5)34)25(2-7(28)15(36)22(43)16(37)8(2)29,3-9(30)17(38)23(44)18(39)10(3)31)4-11(32)19(40)24(45)20(41)12(4)33/h1-12H;/q2*-1. The molecule has 102 heavy (non-hydrogen) atoms. The Morgan fingerprint density at radius 2 is 0.235 bits per heavy atom. The lowest BCUT2D eigenvalue weighted by molar-refractivity contribution is -0.144. The fraction of sp³-hybridized carbons (Fsp3) is 0.143. The first kappa shape index (κ1) is 80.1. The van der Waals surface area contributed by atoms with Crippen molar-refractivity contribution in [2.75, 3.05) is 0 Å². The Morgan fingerprint density at radius 3 is 0.333 bits per heavy atom. The second-order valence-corrected chi connectivity index (χ2v) is 21.0. The minimum absolute atomic E-state index is 0.691. The quantitative estimate of drug-likeness (QED) is 0.0616. The Morgan fingerprint density at radius 1 is 0.137 bits per heavy atom. The summed E-state index contributed by atoms with van der Waals surface area (Å²) < 4.78 is 635. The lowest BCUT2D eigenvalue weighted by Gasteiger charge is -2.46. The van der Waals surface area contributed by atoms with E-state index in [9.17, 15) is 158 Å². The van der Waals surface area contributed by atoms with Crippen LogP contribution in [0.15, 0.2) is 72.8 Å². The molecule has 0 amide bonds. The average molecular weight is 1540 g/mol. The summed E-state index contributed by atoms with van der Waals surface area (Å²) in [5.41, 5.74) is -44.5. The summed E-state index contributed by atoms with van der Waals surface area (Å²) >= 11 is 0. The van der Waals surface area contributed by atoms with Gasteiger partial charge in [-0.3, -0.25) is 0 Å². The van der Waals surface area contributed by atoms with Gasteiger partial charge in [0.15, 0.2) is 69.8 Å². The summed E-state index contributed by atoms with van der Waals surface area (Å²) in [6.07, 6.45) is -62.0. The molecule has 552 valence electrons. The van der Waals surface area contributed by atoms with Gasteiger partial charge in [0.05, 0.1) is 44.5 Å². The molecule has 0 N–H and O–H groups in total. The van der Waals surface area contributed by atoms with Crippen molar-refractivity contribution in [3.05, 3.63) is 234 Å². The normalized spacial score (nSPS) is 13.3. The predicted octanol–water partition coefficient (Wildman–Crippen LogP) is 17.1. The van der Waals surface area contributed by atoms with Crippen molar-refractivity contribution in [3.8, 4) is 0 Å². The summed E-state index contributed by atoms with van der Waals surface area (Å²) in [5.74, 6) is -71.4. The number of alkyl halides is 24. The van der Waals surface area contributed by atoms with Gasteiger partial charge in [0.2, 0.25) is 0 Å². The van der Waals surface area contributed by atoms with Crippen molar-refractivity contribution >= 4 is 56.0 Å². The molecule has 0 atom stereocenters. The van der Waals surface area contributed by atoms with Crippen LogP contribution in [0.25, 0.3) is 0 Å². The van der Waals surface area contributed by atoms with Crippen LogP contribution in [0.1, 0.15) is 44.5 Å². The van der Waals surface area contributed by atoms with E-state index in [0.717, 1.165) is 0 Å². The van der Waals surface area contributed by atoms with Gasteiger partial charge < -0.3 is 0 Å². The maximum Gasteiger partial charge on any atom is 0.416 e. The molecule has 0 unspecified atom stereocenters. The van der Waals surface area contributed by atoms with Gasteiger partial charge >= 0.3 is 49.4 Å². The van der Waals surface area contributed by atoms with E-state index < -0.39 is 339 Å². The largest absolute Gasteiger partial charge is 0.416 e. The van der Waals surface area contributed by atoms with Crippen LogP contribution in [0.3, 0.4) is 0 Å². The summed E-state index contributed by atoms with van der Waals surface area (Å²) in [7, 11) is 0. The van der Waals surface area contributed by atoms with E-state index in [1.54, 1.807) is 0 Å². The van der Waals surface area contributed by atoms with E-state index in [2.05, 4.69) is 0 Å². The SMILES string of the molecule is FC(F)(F)c1cc([B-](c2cc(C(F)(F)F)cc(C(F)(F)F)c2)(c2cc(C(F)(F)F)cc(C(F)(F)F)c2)c2cc(C(F)(F)F)cc(C(F)(F)F)c2)cc(C(F)(F)F)c1.Fc1c(F)c(F)c([B-](c2c(F)c(F)c(F)c(F)c2F)(c2c(F)c(F)c(F)c(F)c2F)c2c(F)c(F)c(F)c(F)c2F)c(F)c1F. The zero-order valence-corrected chi connectivity index (χ0v) is 46.7. The van der Waals surface area contributed by atoms with Crippen molar-refractivity contribution in [3.63, 3.8) is 0 Å². The molecule has 0 saturated carbocycles. The van der Waals surface area contributed by atoms with Crippen molar-refractivity contribution in [1.29, 1.82) is 0 Å². The summed E-state index contributed by atoms with van der Waals surface area (Å²) in [5, 5.41) is 0. The fourth-order valence-electron chi connectivity index (χ4n) is 10.9. The molecule has 0 spiro atoms. The second kappa shape index (κ2) is 25.9. The van der Waals surface area contributed by atoms with E-state index >= 15 is 35.1 Å². The maximum absolute atomic E-state index is 15.4. The van der Waals surface area contributed by atoms with Crippen molar-refractivity contribution < 1.29 is 193 Å². The molecule has 0 heterocycles.